The third-order valence-electron chi connectivity index (χ3n) is 1.17. The Morgan fingerprint density at radius 2 is 2.45 bits per heavy atom. The van der Waals surface area contributed by atoms with Crippen molar-refractivity contribution in [1.82, 2.24) is 0 Å². The van der Waals surface area contributed by atoms with Gasteiger partial charge in [-0.1, -0.05) is 0 Å². The molecule has 0 saturated heterocycles. The summed E-state index contributed by atoms with van der Waals surface area (Å²) < 4.78 is 1.10. The normalized spacial score (nSPS) is 8.91. The van der Waals surface area contributed by atoms with Crippen LogP contribution in [0.1, 0.15) is 10.4 Å². The molecule has 0 radical (unpaired) electrons. The van der Waals surface area contributed by atoms with E-state index in [1.165, 1.54) is 4.88 Å². The lowest BCUT2D eigenvalue weighted by molar-refractivity contribution is 1.58. The van der Waals surface area contributed by atoms with Crippen LogP contribution in [-0.4, -0.2) is 6.26 Å². The molecule has 11 heavy (non-hydrogen) atoms. The molecular formula is C7H7NOS2. The average Bonchev–Trinajstić information content (AvgIpc) is 2.32. The van der Waals surface area contributed by atoms with Gasteiger partial charge in [-0.25, -0.2) is 0 Å². The summed E-state index contributed by atoms with van der Waals surface area (Å²) in [5.41, 5.74) is 0.815. The lowest BCUT2D eigenvalue weighted by Gasteiger charge is -1.83. The van der Waals surface area contributed by atoms with Gasteiger partial charge in [0, 0.05) is 9.89 Å². The summed E-state index contributed by atoms with van der Waals surface area (Å²) >= 11 is 3.27. The van der Waals surface area contributed by atoms with Gasteiger partial charge in [0.2, 0.25) is 0 Å². The first-order chi connectivity index (χ1) is 5.27. The van der Waals surface area contributed by atoms with Gasteiger partial charge in [0.15, 0.2) is 0 Å². The van der Waals surface area contributed by atoms with E-state index in [0.29, 0.717) is 0 Å². The monoisotopic (exact) mass is 185 g/mol. The molecule has 0 aliphatic rings. The van der Waals surface area contributed by atoms with E-state index in [1.54, 1.807) is 23.1 Å². The summed E-state index contributed by atoms with van der Waals surface area (Å²) in [6, 6.07) is 4.32. The van der Waals surface area contributed by atoms with Gasteiger partial charge < -0.3 is 5.21 Å². The molecule has 0 aromatic carbocycles. The number of nitrogens with zero attached hydrogens (tertiary/aromatic N) is 1. The standard InChI is InChI=1S/C7H7NOS2/c1-5-3-6(4-8-9)7(10-2)11-5/h3H,1-2H3. The van der Waals surface area contributed by atoms with Crippen LogP contribution in [0.4, 0.5) is 0 Å². The second kappa shape index (κ2) is 3.65. The third kappa shape index (κ3) is 1.88. The fraction of sp³-hybridized carbons (Fsp3) is 0.286. The smallest absolute Gasteiger partial charge is 0.338 e. The molecule has 0 spiro atoms. The van der Waals surface area contributed by atoms with E-state index in [4.69, 9.17) is 0 Å². The predicted octanol–water partition coefficient (Wildman–Crippen LogP) is 2.96. The molecule has 1 rings (SSSR count). The minimum Gasteiger partial charge on any atom is -0.498 e. The molecule has 0 fully saturated rings. The first-order valence-electron chi connectivity index (χ1n) is 3.00. The topological polar surface area (TPSA) is 27.4 Å². The van der Waals surface area contributed by atoms with Crippen molar-refractivity contribution in [2.24, 2.45) is 0 Å². The van der Waals surface area contributed by atoms with Crippen molar-refractivity contribution in [3.05, 3.63) is 26.7 Å². The Kier molecular flexibility index (Phi) is 2.80. The summed E-state index contributed by atoms with van der Waals surface area (Å²) in [6.45, 7) is 2.00. The SMILES string of the molecule is CSc1sc(C)cc1C#[N+][O-]. The molecule has 0 bridgehead atoms. The second-order valence-electron chi connectivity index (χ2n) is 1.97. The molecule has 0 saturated carbocycles. The van der Waals surface area contributed by atoms with Crippen LogP contribution in [0.5, 0.6) is 0 Å². The zero-order chi connectivity index (χ0) is 8.27. The van der Waals surface area contributed by atoms with Gasteiger partial charge in [-0.2, -0.15) is 0 Å². The second-order valence-corrected chi connectivity index (χ2v) is 4.30. The van der Waals surface area contributed by atoms with Gasteiger partial charge in [0.05, 0.1) is 4.21 Å². The minimum absolute atomic E-state index is 0.815. The molecule has 0 amide bonds. The quantitative estimate of drug-likeness (QED) is 0.497. The van der Waals surface area contributed by atoms with E-state index in [0.717, 1.165) is 9.77 Å². The zero-order valence-corrected chi connectivity index (χ0v) is 7.88. The molecule has 2 nitrogen and oxygen atoms in total. The van der Waals surface area contributed by atoms with Crippen molar-refractivity contribution >= 4 is 23.1 Å². The summed E-state index contributed by atoms with van der Waals surface area (Å²) in [5, 5.41) is 12.5. The van der Waals surface area contributed by atoms with Crippen molar-refractivity contribution in [3.8, 4) is 6.07 Å². The summed E-state index contributed by atoms with van der Waals surface area (Å²) in [5.74, 6) is 0. The molecule has 1 aromatic heterocycles. The van der Waals surface area contributed by atoms with Crippen molar-refractivity contribution in [2.45, 2.75) is 11.1 Å². The van der Waals surface area contributed by atoms with Gasteiger partial charge >= 0.3 is 6.07 Å². The molecule has 0 atom stereocenters. The highest BCUT2D eigenvalue weighted by Gasteiger charge is 2.07. The Morgan fingerprint density at radius 1 is 1.73 bits per heavy atom. The number of hydrogen-bond acceptors (Lipinski definition) is 3. The van der Waals surface area contributed by atoms with Gasteiger partial charge in [-0.05, 0) is 19.2 Å². The molecule has 0 aliphatic carbocycles. The fourth-order valence-electron chi connectivity index (χ4n) is 0.772. The number of thiophene rings is 1. The number of aryl methyl sites for hydroxylation is 1. The van der Waals surface area contributed by atoms with Crippen molar-refractivity contribution in [2.75, 3.05) is 6.26 Å². The Labute approximate surface area is 73.6 Å². The van der Waals surface area contributed by atoms with E-state index >= 15 is 0 Å². The Balaban J connectivity index is 3.08. The molecule has 0 aliphatic heterocycles. The van der Waals surface area contributed by atoms with Crippen molar-refractivity contribution < 1.29 is 0 Å². The van der Waals surface area contributed by atoms with Crippen LogP contribution in [0.15, 0.2) is 10.3 Å². The molecule has 1 heterocycles. The van der Waals surface area contributed by atoms with Crippen LogP contribution in [0, 0.1) is 18.2 Å². The van der Waals surface area contributed by atoms with E-state index in [-0.39, 0.29) is 0 Å². The minimum atomic E-state index is 0.815. The summed E-state index contributed by atoms with van der Waals surface area (Å²) in [4.78, 5) is 1.18. The number of thioether (sulfide) groups is 1. The van der Waals surface area contributed by atoms with Gasteiger partial charge in [-0.15, -0.1) is 23.1 Å². The largest absolute Gasteiger partial charge is 0.498 e. The van der Waals surface area contributed by atoms with Gasteiger partial charge in [0.1, 0.15) is 5.56 Å². The maximum absolute atomic E-state index is 9.89. The van der Waals surface area contributed by atoms with Crippen LogP contribution in [0.2, 0.25) is 0 Å². The lowest BCUT2D eigenvalue weighted by Crippen LogP contribution is -1.66. The van der Waals surface area contributed by atoms with Crippen molar-refractivity contribution in [3.63, 3.8) is 0 Å². The maximum Gasteiger partial charge on any atom is 0.338 e. The zero-order valence-electron chi connectivity index (χ0n) is 6.25. The molecule has 58 valence electrons. The first-order valence-corrected chi connectivity index (χ1v) is 5.05. The molecular weight excluding hydrogens is 178 g/mol. The van der Waals surface area contributed by atoms with Crippen LogP contribution in [0.3, 0.4) is 0 Å². The van der Waals surface area contributed by atoms with Crippen LogP contribution in [-0.2, 0) is 0 Å². The Hall–Kier alpha value is -0.660. The van der Waals surface area contributed by atoms with E-state index in [9.17, 15) is 5.21 Å². The van der Waals surface area contributed by atoms with Crippen LogP contribution >= 0.6 is 23.1 Å². The number of rotatable bonds is 1. The highest BCUT2D eigenvalue weighted by Crippen LogP contribution is 2.29. The average molecular weight is 185 g/mol. The van der Waals surface area contributed by atoms with E-state index in [1.807, 2.05) is 19.2 Å². The molecule has 4 heteroatoms. The highest BCUT2D eigenvalue weighted by molar-refractivity contribution is 8.00. The Bertz CT molecular complexity index is 308. The summed E-state index contributed by atoms with van der Waals surface area (Å²) in [6.07, 6.45) is 1.97. The molecule has 1 aromatic rings. The molecule has 0 unspecified atom stereocenters. The first kappa shape index (κ1) is 8.44. The fourth-order valence-corrected chi connectivity index (χ4v) is 2.51. The number of hydrogen-bond donors (Lipinski definition) is 0. The van der Waals surface area contributed by atoms with Gasteiger partial charge in [0.25, 0.3) is 0 Å². The van der Waals surface area contributed by atoms with Crippen LogP contribution < -0.4 is 0 Å². The third-order valence-corrected chi connectivity index (χ3v) is 3.36. The summed E-state index contributed by atoms with van der Waals surface area (Å²) in [7, 11) is 0. The molecule has 0 N–H and O–H groups in total. The predicted molar refractivity (Wildman–Crippen MR) is 50.6 cm³/mol. The van der Waals surface area contributed by atoms with E-state index < -0.39 is 0 Å². The van der Waals surface area contributed by atoms with Gasteiger partial charge in [-0.3, -0.25) is 0 Å². The van der Waals surface area contributed by atoms with Crippen molar-refractivity contribution in [1.29, 1.82) is 0 Å². The van der Waals surface area contributed by atoms with Crippen LogP contribution in [0.25, 0.3) is 5.01 Å². The highest BCUT2D eigenvalue weighted by atomic mass is 32.2. The van der Waals surface area contributed by atoms with E-state index in [2.05, 4.69) is 11.1 Å². The lowest BCUT2D eigenvalue weighted by atomic mass is 10.3. The Morgan fingerprint density at radius 3 is 3.00 bits per heavy atom. The maximum atomic E-state index is 9.89.